The first kappa shape index (κ1) is 17.7. The van der Waals surface area contributed by atoms with E-state index in [1.54, 1.807) is 20.8 Å². The predicted molar refractivity (Wildman–Crippen MR) is 85.9 cm³/mol. The number of hydrogen-bond donors (Lipinski definition) is 1. The van der Waals surface area contributed by atoms with Gasteiger partial charge in [0.25, 0.3) is 0 Å². The van der Waals surface area contributed by atoms with E-state index in [1.165, 1.54) is 28.6 Å². The van der Waals surface area contributed by atoms with Crippen LogP contribution in [0.3, 0.4) is 0 Å². The highest BCUT2D eigenvalue weighted by atomic mass is 32.2. The van der Waals surface area contributed by atoms with E-state index in [2.05, 4.69) is 5.32 Å². The van der Waals surface area contributed by atoms with Gasteiger partial charge in [0.05, 0.1) is 18.1 Å². The smallest absolute Gasteiger partial charge is 0.412 e. The van der Waals surface area contributed by atoms with Crippen molar-refractivity contribution in [3.05, 3.63) is 24.3 Å². The van der Waals surface area contributed by atoms with Gasteiger partial charge in [-0.3, -0.25) is 5.32 Å². The lowest BCUT2D eigenvalue weighted by Crippen LogP contribution is -2.40. The minimum Gasteiger partial charge on any atom is -0.444 e. The van der Waals surface area contributed by atoms with Gasteiger partial charge in [0.15, 0.2) is 0 Å². The van der Waals surface area contributed by atoms with E-state index in [1.807, 2.05) is 0 Å². The van der Waals surface area contributed by atoms with Gasteiger partial charge in [-0.2, -0.15) is 4.31 Å². The van der Waals surface area contributed by atoms with E-state index in [9.17, 15) is 13.2 Å². The van der Waals surface area contributed by atoms with Crippen LogP contribution in [0.4, 0.5) is 10.5 Å². The fourth-order valence-corrected chi connectivity index (χ4v) is 3.48. The summed E-state index contributed by atoms with van der Waals surface area (Å²) in [5.74, 6) is 0. The first-order valence-corrected chi connectivity index (χ1v) is 8.80. The molecule has 1 saturated heterocycles. The maximum Gasteiger partial charge on any atom is 0.412 e. The second-order valence-electron chi connectivity index (χ2n) is 6.17. The number of anilines is 1. The van der Waals surface area contributed by atoms with Gasteiger partial charge in [-0.1, -0.05) is 0 Å². The number of amides is 1. The van der Waals surface area contributed by atoms with Crippen molar-refractivity contribution in [1.29, 1.82) is 0 Å². The van der Waals surface area contributed by atoms with Crippen molar-refractivity contribution in [3.8, 4) is 0 Å². The van der Waals surface area contributed by atoms with Crippen molar-refractivity contribution in [2.24, 2.45) is 0 Å². The predicted octanol–water partition coefficient (Wildman–Crippen LogP) is 2.05. The van der Waals surface area contributed by atoms with Crippen LogP contribution in [-0.4, -0.2) is 50.7 Å². The zero-order valence-corrected chi connectivity index (χ0v) is 14.4. The van der Waals surface area contributed by atoms with Crippen LogP contribution in [0, 0.1) is 0 Å². The van der Waals surface area contributed by atoms with Crippen molar-refractivity contribution in [2.75, 3.05) is 31.6 Å². The Balaban J connectivity index is 2.05. The first-order valence-electron chi connectivity index (χ1n) is 7.36. The van der Waals surface area contributed by atoms with Crippen LogP contribution in [0.5, 0.6) is 0 Å². The highest BCUT2D eigenvalue weighted by Gasteiger charge is 2.26. The lowest BCUT2D eigenvalue weighted by atomic mass is 10.2. The third kappa shape index (κ3) is 4.92. The second kappa shape index (κ2) is 6.86. The summed E-state index contributed by atoms with van der Waals surface area (Å²) in [5, 5.41) is 2.57. The SMILES string of the molecule is CC(C)(C)OC(=O)Nc1ccc(S(=O)(=O)N2CCOCC2)cc1. The van der Waals surface area contributed by atoms with E-state index in [0.717, 1.165) is 0 Å². The van der Waals surface area contributed by atoms with Crippen molar-refractivity contribution < 1.29 is 22.7 Å². The Bertz CT molecular complexity index is 643. The highest BCUT2D eigenvalue weighted by molar-refractivity contribution is 7.89. The Labute approximate surface area is 136 Å². The number of nitrogens with zero attached hydrogens (tertiary/aromatic N) is 1. The molecule has 8 heteroatoms. The molecule has 23 heavy (non-hydrogen) atoms. The summed E-state index contributed by atoms with van der Waals surface area (Å²) < 4.78 is 36.6. The van der Waals surface area contributed by atoms with Gasteiger partial charge < -0.3 is 9.47 Å². The number of carbonyl (C=O) groups excluding carboxylic acids is 1. The van der Waals surface area contributed by atoms with E-state index >= 15 is 0 Å². The molecule has 1 aliphatic rings. The summed E-state index contributed by atoms with van der Waals surface area (Å²) in [6.45, 7) is 6.80. The normalized spacial score (nSPS) is 16.8. The molecule has 1 aromatic rings. The van der Waals surface area contributed by atoms with Crippen molar-refractivity contribution in [3.63, 3.8) is 0 Å². The van der Waals surface area contributed by atoms with E-state index in [4.69, 9.17) is 9.47 Å². The van der Waals surface area contributed by atoms with Crippen LogP contribution in [0.1, 0.15) is 20.8 Å². The Hall–Kier alpha value is -1.64. The fraction of sp³-hybridized carbons (Fsp3) is 0.533. The van der Waals surface area contributed by atoms with Gasteiger partial charge in [0.2, 0.25) is 10.0 Å². The number of nitrogens with one attached hydrogen (secondary N) is 1. The van der Waals surface area contributed by atoms with Gasteiger partial charge in [-0.15, -0.1) is 0 Å². The van der Waals surface area contributed by atoms with Crippen molar-refractivity contribution >= 4 is 21.8 Å². The van der Waals surface area contributed by atoms with E-state index < -0.39 is 21.7 Å². The number of carbonyl (C=O) groups is 1. The molecule has 1 N–H and O–H groups in total. The molecule has 1 amide bonds. The highest BCUT2D eigenvalue weighted by Crippen LogP contribution is 2.20. The first-order chi connectivity index (χ1) is 10.7. The number of morpholine rings is 1. The average molecular weight is 342 g/mol. The Morgan fingerprint density at radius 1 is 1.17 bits per heavy atom. The molecule has 0 aliphatic carbocycles. The lowest BCUT2D eigenvalue weighted by Gasteiger charge is -2.26. The summed E-state index contributed by atoms with van der Waals surface area (Å²) in [7, 11) is -3.53. The van der Waals surface area contributed by atoms with Crippen LogP contribution >= 0.6 is 0 Å². The number of hydrogen-bond acceptors (Lipinski definition) is 5. The maximum atomic E-state index is 12.5. The third-order valence-corrected chi connectivity index (χ3v) is 5.02. The molecule has 7 nitrogen and oxygen atoms in total. The molecule has 128 valence electrons. The van der Waals surface area contributed by atoms with Crippen molar-refractivity contribution in [1.82, 2.24) is 4.31 Å². The van der Waals surface area contributed by atoms with Crippen LogP contribution < -0.4 is 5.32 Å². The Morgan fingerprint density at radius 3 is 2.26 bits per heavy atom. The molecule has 0 saturated carbocycles. The number of sulfonamides is 1. The molecule has 0 atom stereocenters. The van der Waals surface area contributed by atoms with Gasteiger partial charge in [-0.25, -0.2) is 13.2 Å². The third-order valence-electron chi connectivity index (χ3n) is 3.11. The molecule has 0 aromatic heterocycles. The molecule has 1 aromatic carbocycles. The Morgan fingerprint density at radius 2 is 1.74 bits per heavy atom. The van der Waals surface area contributed by atoms with E-state index in [-0.39, 0.29) is 4.90 Å². The summed E-state index contributed by atoms with van der Waals surface area (Å²) in [6, 6.07) is 6.02. The fourth-order valence-electron chi connectivity index (χ4n) is 2.07. The van der Waals surface area contributed by atoms with E-state index in [0.29, 0.717) is 32.0 Å². The molecule has 0 spiro atoms. The van der Waals surface area contributed by atoms with Gasteiger partial charge in [-0.05, 0) is 45.0 Å². The van der Waals surface area contributed by atoms with Crippen molar-refractivity contribution in [2.45, 2.75) is 31.3 Å². The molecule has 2 rings (SSSR count). The molecular formula is C15H22N2O5S. The lowest BCUT2D eigenvalue weighted by molar-refractivity contribution is 0.0636. The number of ether oxygens (including phenoxy) is 2. The zero-order chi connectivity index (χ0) is 17.1. The largest absolute Gasteiger partial charge is 0.444 e. The topological polar surface area (TPSA) is 84.9 Å². The van der Waals surface area contributed by atoms with Gasteiger partial charge >= 0.3 is 6.09 Å². The minimum absolute atomic E-state index is 0.189. The molecule has 0 bridgehead atoms. The molecule has 1 heterocycles. The van der Waals surface area contributed by atoms with Gasteiger partial charge in [0, 0.05) is 18.8 Å². The standard InChI is InChI=1S/C15H22N2O5S/c1-15(2,3)22-14(18)16-12-4-6-13(7-5-12)23(19,20)17-8-10-21-11-9-17/h4-7H,8-11H2,1-3H3,(H,16,18). The van der Waals surface area contributed by atoms with Gasteiger partial charge in [0.1, 0.15) is 5.60 Å². The molecule has 0 unspecified atom stereocenters. The number of rotatable bonds is 3. The average Bonchev–Trinajstić information content (AvgIpc) is 2.46. The summed E-state index contributed by atoms with van der Waals surface area (Å²) in [6.07, 6.45) is -0.582. The summed E-state index contributed by atoms with van der Waals surface area (Å²) >= 11 is 0. The maximum absolute atomic E-state index is 12.5. The number of benzene rings is 1. The summed E-state index contributed by atoms with van der Waals surface area (Å²) in [4.78, 5) is 11.9. The molecule has 1 aliphatic heterocycles. The molecular weight excluding hydrogens is 320 g/mol. The van der Waals surface area contributed by atoms with Crippen LogP contribution in [-0.2, 0) is 19.5 Å². The Kier molecular flexibility index (Phi) is 5.28. The zero-order valence-electron chi connectivity index (χ0n) is 13.5. The van der Waals surface area contributed by atoms with Crippen LogP contribution in [0.15, 0.2) is 29.2 Å². The minimum atomic E-state index is -3.53. The monoisotopic (exact) mass is 342 g/mol. The quantitative estimate of drug-likeness (QED) is 0.909. The molecule has 0 radical (unpaired) electrons. The molecule has 1 fully saturated rings. The van der Waals surface area contributed by atoms with Crippen LogP contribution in [0.25, 0.3) is 0 Å². The summed E-state index contributed by atoms with van der Waals surface area (Å²) in [5.41, 5.74) is -0.121. The second-order valence-corrected chi connectivity index (χ2v) is 8.11. The van der Waals surface area contributed by atoms with Crippen LogP contribution in [0.2, 0.25) is 0 Å².